The lowest BCUT2D eigenvalue weighted by molar-refractivity contribution is -0.130. The zero-order chi connectivity index (χ0) is 15.4. The fourth-order valence-electron chi connectivity index (χ4n) is 2.09. The van der Waals surface area contributed by atoms with Crippen LogP contribution in [-0.2, 0) is 9.53 Å². The van der Waals surface area contributed by atoms with Crippen molar-refractivity contribution in [2.45, 2.75) is 0 Å². The Morgan fingerprint density at radius 1 is 0.955 bits per heavy atom. The maximum absolute atomic E-state index is 11.9. The van der Waals surface area contributed by atoms with E-state index < -0.39 is 0 Å². The van der Waals surface area contributed by atoms with E-state index in [4.69, 9.17) is 4.74 Å². The summed E-state index contributed by atoms with van der Waals surface area (Å²) in [5.74, 6) is 0.257. The van der Waals surface area contributed by atoms with Crippen LogP contribution in [-0.4, -0.2) is 5.97 Å². The number of ether oxygens (including phenoxy) is 1. The molecule has 0 bridgehead atoms. The van der Waals surface area contributed by atoms with Gasteiger partial charge in [0.15, 0.2) is 0 Å². The van der Waals surface area contributed by atoms with Gasteiger partial charge in [0.1, 0.15) is 5.76 Å². The van der Waals surface area contributed by atoms with E-state index in [2.05, 4.69) is 15.9 Å². The molecule has 3 rings (SSSR count). The number of esters is 1. The van der Waals surface area contributed by atoms with E-state index in [-0.39, 0.29) is 5.97 Å². The molecule has 0 N–H and O–H groups in total. The number of carbonyl (C=O) groups excluding carboxylic acids is 1. The largest absolute Gasteiger partial charge is 0.422 e. The molecule has 22 heavy (non-hydrogen) atoms. The van der Waals surface area contributed by atoms with Crippen LogP contribution in [0.25, 0.3) is 11.8 Å². The first-order chi connectivity index (χ1) is 10.7. The monoisotopic (exact) mass is 352 g/mol. The smallest absolute Gasteiger partial charge is 0.343 e. The first-order valence-electron chi connectivity index (χ1n) is 6.85. The average Bonchev–Trinajstić information content (AvgIpc) is 2.90. The molecule has 1 aliphatic rings. The van der Waals surface area contributed by atoms with E-state index in [0.29, 0.717) is 11.3 Å². The van der Waals surface area contributed by atoms with Gasteiger partial charge in [-0.2, -0.15) is 0 Å². The van der Waals surface area contributed by atoms with Gasteiger partial charge in [-0.25, -0.2) is 4.79 Å². The van der Waals surface area contributed by atoms with E-state index in [1.807, 2.05) is 66.7 Å². The third-order valence-electron chi connectivity index (χ3n) is 3.22. The second-order valence-electron chi connectivity index (χ2n) is 4.80. The Morgan fingerprint density at radius 2 is 1.68 bits per heavy atom. The Balaban J connectivity index is 1.79. The van der Waals surface area contributed by atoms with Crippen molar-refractivity contribution in [3.63, 3.8) is 0 Å². The van der Waals surface area contributed by atoms with Crippen LogP contribution in [0.4, 0.5) is 0 Å². The lowest BCUT2D eigenvalue weighted by Crippen LogP contribution is -1.96. The molecule has 0 aromatic heterocycles. The van der Waals surface area contributed by atoms with Gasteiger partial charge in [0, 0.05) is 10.0 Å². The summed E-state index contributed by atoms with van der Waals surface area (Å²) in [7, 11) is 0. The average molecular weight is 353 g/mol. The molecular weight excluding hydrogens is 340 g/mol. The molecule has 0 unspecified atom stereocenters. The maximum atomic E-state index is 11.9. The first-order valence-corrected chi connectivity index (χ1v) is 7.65. The Labute approximate surface area is 137 Å². The van der Waals surface area contributed by atoms with Gasteiger partial charge < -0.3 is 4.74 Å². The highest BCUT2D eigenvalue weighted by atomic mass is 79.9. The summed E-state index contributed by atoms with van der Waals surface area (Å²) < 4.78 is 6.30. The molecule has 0 amide bonds. The van der Waals surface area contributed by atoms with Gasteiger partial charge in [0.2, 0.25) is 0 Å². The zero-order valence-corrected chi connectivity index (χ0v) is 13.3. The molecule has 1 heterocycles. The molecule has 0 saturated heterocycles. The number of benzene rings is 2. The topological polar surface area (TPSA) is 26.3 Å². The van der Waals surface area contributed by atoms with Crippen molar-refractivity contribution in [3.05, 3.63) is 94.0 Å². The SMILES string of the molecule is O=C1OC(c2ccc(Br)cc2)=C/C1=C/C=C/c1ccccc1. The molecule has 2 nitrogen and oxygen atoms in total. The summed E-state index contributed by atoms with van der Waals surface area (Å²) in [6.07, 6.45) is 7.33. The summed E-state index contributed by atoms with van der Waals surface area (Å²) >= 11 is 3.39. The number of allylic oxidation sites excluding steroid dienone is 2. The lowest BCUT2D eigenvalue weighted by atomic mass is 10.1. The second-order valence-corrected chi connectivity index (χ2v) is 5.71. The highest BCUT2D eigenvalue weighted by Gasteiger charge is 2.21. The first kappa shape index (κ1) is 14.5. The number of cyclic esters (lactones) is 1. The standard InChI is InChI=1S/C19H13BrO2/c20-17-11-9-15(10-12-17)18-13-16(19(21)22-18)8-4-7-14-5-2-1-3-6-14/h1-13H/b7-4+,16-8-. The summed E-state index contributed by atoms with van der Waals surface area (Å²) in [5, 5.41) is 0. The quantitative estimate of drug-likeness (QED) is 0.574. The van der Waals surface area contributed by atoms with Crippen LogP contribution in [0.15, 0.2) is 82.9 Å². The van der Waals surface area contributed by atoms with Crippen LogP contribution in [0, 0.1) is 0 Å². The molecule has 0 radical (unpaired) electrons. The van der Waals surface area contributed by atoms with Crippen molar-refractivity contribution in [3.8, 4) is 0 Å². The van der Waals surface area contributed by atoms with Gasteiger partial charge in [-0.05, 0) is 29.8 Å². The Kier molecular flexibility index (Phi) is 4.35. The van der Waals surface area contributed by atoms with Crippen LogP contribution in [0.5, 0.6) is 0 Å². The second kappa shape index (κ2) is 6.58. The number of hydrogen-bond donors (Lipinski definition) is 0. The number of hydrogen-bond acceptors (Lipinski definition) is 2. The van der Waals surface area contributed by atoms with Gasteiger partial charge >= 0.3 is 5.97 Å². The van der Waals surface area contributed by atoms with Crippen molar-refractivity contribution in [1.29, 1.82) is 0 Å². The Bertz CT molecular complexity index is 769. The number of halogens is 1. The highest BCUT2D eigenvalue weighted by Crippen LogP contribution is 2.27. The van der Waals surface area contributed by atoms with Crippen molar-refractivity contribution in [2.75, 3.05) is 0 Å². The van der Waals surface area contributed by atoms with Crippen molar-refractivity contribution >= 4 is 33.7 Å². The Morgan fingerprint density at radius 3 is 2.41 bits per heavy atom. The van der Waals surface area contributed by atoms with Gasteiger partial charge in [0.25, 0.3) is 0 Å². The summed E-state index contributed by atoms with van der Waals surface area (Å²) in [6.45, 7) is 0. The Hall–Kier alpha value is -2.39. The van der Waals surface area contributed by atoms with E-state index in [1.165, 1.54) is 0 Å². The molecular formula is C19H13BrO2. The minimum atomic E-state index is -0.323. The molecule has 108 valence electrons. The van der Waals surface area contributed by atoms with E-state index in [9.17, 15) is 4.79 Å². The van der Waals surface area contributed by atoms with Gasteiger partial charge in [-0.15, -0.1) is 0 Å². The van der Waals surface area contributed by atoms with E-state index >= 15 is 0 Å². The summed E-state index contributed by atoms with van der Waals surface area (Å²) in [4.78, 5) is 11.9. The maximum Gasteiger partial charge on any atom is 0.343 e. The van der Waals surface area contributed by atoms with Gasteiger partial charge in [0.05, 0.1) is 5.57 Å². The molecule has 3 heteroatoms. The van der Waals surface area contributed by atoms with Crippen LogP contribution in [0.2, 0.25) is 0 Å². The van der Waals surface area contributed by atoms with Crippen molar-refractivity contribution in [2.24, 2.45) is 0 Å². The minimum absolute atomic E-state index is 0.323. The van der Waals surface area contributed by atoms with E-state index in [1.54, 1.807) is 12.2 Å². The summed E-state index contributed by atoms with van der Waals surface area (Å²) in [5.41, 5.74) is 2.51. The van der Waals surface area contributed by atoms with E-state index in [0.717, 1.165) is 15.6 Å². The van der Waals surface area contributed by atoms with Crippen LogP contribution < -0.4 is 0 Å². The van der Waals surface area contributed by atoms with Gasteiger partial charge in [-0.3, -0.25) is 0 Å². The van der Waals surface area contributed by atoms with Gasteiger partial charge in [-0.1, -0.05) is 70.5 Å². The fourth-order valence-corrected chi connectivity index (χ4v) is 2.35. The minimum Gasteiger partial charge on any atom is -0.422 e. The van der Waals surface area contributed by atoms with Crippen LogP contribution >= 0.6 is 15.9 Å². The number of carbonyl (C=O) groups is 1. The van der Waals surface area contributed by atoms with Crippen molar-refractivity contribution < 1.29 is 9.53 Å². The normalized spacial score (nSPS) is 16.1. The molecule has 2 aromatic rings. The third-order valence-corrected chi connectivity index (χ3v) is 3.75. The fraction of sp³-hybridized carbons (Fsp3) is 0. The number of rotatable bonds is 3. The summed E-state index contributed by atoms with van der Waals surface area (Å²) in [6, 6.07) is 17.6. The zero-order valence-electron chi connectivity index (χ0n) is 11.7. The molecule has 1 aliphatic heterocycles. The molecule has 0 saturated carbocycles. The molecule has 0 atom stereocenters. The molecule has 0 fully saturated rings. The lowest BCUT2D eigenvalue weighted by Gasteiger charge is -2.01. The predicted molar refractivity (Wildman–Crippen MR) is 91.8 cm³/mol. The third kappa shape index (κ3) is 3.43. The predicted octanol–water partition coefficient (Wildman–Crippen LogP) is 4.99. The van der Waals surface area contributed by atoms with Crippen LogP contribution in [0.1, 0.15) is 11.1 Å². The molecule has 0 spiro atoms. The van der Waals surface area contributed by atoms with Crippen molar-refractivity contribution in [1.82, 2.24) is 0 Å². The van der Waals surface area contributed by atoms with Crippen LogP contribution in [0.3, 0.4) is 0 Å². The molecule has 0 aliphatic carbocycles. The molecule has 2 aromatic carbocycles. The highest BCUT2D eigenvalue weighted by molar-refractivity contribution is 9.10.